The summed E-state index contributed by atoms with van der Waals surface area (Å²) < 4.78 is 13.2. The van der Waals surface area contributed by atoms with E-state index in [-0.39, 0.29) is 11.4 Å². The second-order valence-corrected chi connectivity index (χ2v) is 6.69. The van der Waals surface area contributed by atoms with E-state index in [4.69, 9.17) is 5.73 Å². The maximum absolute atomic E-state index is 13.2. The lowest BCUT2D eigenvalue weighted by molar-refractivity contribution is 0.403. The molecule has 21 heavy (non-hydrogen) atoms. The summed E-state index contributed by atoms with van der Waals surface area (Å²) in [6, 6.07) is 6.80. The van der Waals surface area contributed by atoms with Gasteiger partial charge >= 0.3 is 0 Å². The minimum absolute atomic E-state index is 0.171. The molecule has 2 heteroatoms. The first-order valence-electron chi connectivity index (χ1n) is 8.57. The number of rotatable bonds is 11. The van der Waals surface area contributed by atoms with Crippen molar-refractivity contribution in [2.75, 3.05) is 0 Å². The Kier molecular flexibility index (Phi) is 8.60. The van der Waals surface area contributed by atoms with E-state index in [9.17, 15) is 4.39 Å². The van der Waals surface area contributed by atoms with E-state index in [0.717, 1.165) is 18.4 Å². The van der Waals surface area contributed by atoms with Crippen molar-refractivity contribution in [1.29, 1.82) is 0 Å². The largest absolute Gasteiger partial charge is 0.325 e. The molecular weight excluding hydrogens is 261 g/mol. The van der Waals surface area contributed by atoms with Gasteiger partial charge in [0.2, 0.25) is 0 Å². The molecule has 2 N–H and O–H groups in total. The Bertz CT molecular complexity index is 387. The molecular formula is C19H32FN. The van der Waals surface area contributed by atoms with Gasteiger partial charge in [0.25, 0.3) is 0 Å². The number of unbranched alkanes of at least 4 members (excludes halogenated alkanes) is 7. The highest BCUT2D eigenvalue weighted by Gasteiger charge is 2.18. The summed E-state index contributed by atoms with van der Waals surface area (Å²) in [6.07, 6.45) is 12.3. The van der Waals surface area contributed by atoms with Crippen molar-refractivity contribution in [2.24, 2.45) is 5.73 Å². The fourth-order valence-electron chi connectivity index (χ4n) is 2.86. The molecule has 0 bridgehead atoms. The monoisotopic (exact) mass is 293 g/mol. The molecule has 0 fully saturated rings. The van der Waals surface area contributed by atoms with Crippen LogP contribution in [0.5, 0.6) is 0 Å². The Morgan fingerprint density at radius 1 is 1.00 bits per heavy atom. The van der Waals surface area contributed by atoms with Crippen molar-refractivity contribution >= 4 is 0 Å². The quantitative estimate of drug-likeness (QED) is 0.527. The SMILES string of the molecule is CCCCCCCCCCC(C)(N)Cc1cccc(F)c1. The Morgan fingerprint density at radius 2 is 1.62 bits per heavy atom. The van der Waals surface area contributed by atoms with Gasteiger partial charge in [-0.25, -0.2) is 4.39 Å². The Morgan fingerprint density at radius 3 is 2.24 bits per heavy atom. The summed E-state index contributed by atoms with van der Waals surface area (Å²) in [5.74, 6) is -0.171. The van der Waals surface area contributed by atoms with Gasteiger partial charge in [0.15, 0.2) is 0 Å². The summed E-state index contributed by atoms with van der Waals surface area (Å²) in [4.78, 5) is 0. The molecule has 0 spiro atoms. The van der Waals surface area contributed by atoms with Gasteiger partial charge in [0.05, 0.1) is 0 Å². The topological polar surface area (TPSA) is 26.0 Å². The predicted octanol–water partition coefficient (Wildman–Crippen LogP) is 5.62. The maximum Gasteiger partial charge on any atom is 0.123 e. The predicted molar refractivity (Wildman–Crippen MR) is 89.9 cm³/mol. The first-order valence-corrected chi connectivity index (χ1v) is 8.57. The van der Waals surface area contributed by atoms with Gasteiger partial charge in [0.1, 0.15) is 5.82 Å². The van der Waals surface area contributed by atoms with E-state index in [1.165, 1.54) is 57.4 Å². The number of benzene rings is 1. The van der Waals surface area contributed by atoms with Crippen LogP contribution in [0.2, 0.25) is 0 Å². The van der Waals surface area contributed by atoms with Gasteiger partial charge in [-0.15, -0.1) is 0 Å². The highest BCUT2D eigenvalue weighted by Crippen LogP contribution is 2.19. The molecule has 0 saturated heterocycles. The molecule has 1 rings (SSSR count). The molecule has 0 radical (unpaired) electrons. The minimum atomic E-state index is -0.226. The molecule has 0 aromatic heterocycles. The van der Waals surface area contributed by atoms with E-state index in [0.29, 0.717) is 0 Å². The third-order valence-electron chi connectivity index (χ3n) is 4.10. The van der Waals surface area contributed by atoms with Crippen LogP contribution in [0.4, 0.5) is 4.39 Å². The zero-order valence-electron chi connectivity index (χ0n) is 13.8. The highest BCUT2D eigenvalue weighted by molar-refractivity contribution is 5.18. The molecule has 0 heterocycles. The zero-order valence-corrected chi connectivity index (χ0v) is 13.8. The van der Waals surface area contributed by atoms with Crippen LogP contribution in [0.25, 0.3) is 0 Å². The average Bonchev–Trinajstić information content (AvgIpc) is 2.41. The molecule has 1 aromatic carbocycles. The molecule has 1 atom stereocenters. The van der Waals surface area contributed by atoms with E-state index in [1.54, 1.807) is 12.1 Å². The van der Waals surface area contributed by atoms with Crippen LogP contribution in [-0.2, 0) is 6.42 Å². The standard InChI is InChI=1S/C19H32FN/c1-3-4-5-6-7-8-9-10-14-19(2,21)16-17-12-11-13-18(20)15-17/h11-13,15H,3-10,14,16,21H2,1-2H3. The van der Waals surface area contributed by atoms with E-state index in [1.807, 2.05) is 6.07 Å². The van der Waals surface area contributed by atoms with Crippen molar-refractivity contribution in [3.63, 3.8) is 0 Å². The Hall–Kier alpha value is -0.890. The molecule has 0 aliphatic rings. The summed E-state index contributed by atoms with van der Waals surface area (Å²) in [6.45, 7) is 4.33. The lowest BCUT2D eigenvalue weighted by Crippen LogP contribution is -2.38. The summed E-state index contributed by atoms with van der Waals surface area (Å²) >= 11 is 0. The smallest absolute Gasteiger partial charge is 0.123 e. The zero-order chi connectivity index (χ0) is 15.6. The van der Waals surface area contributed by atoms with E-state index < -0.39 is 0 Å². The second-order valence-electron chi connectivity index (χ2n) is 6.69. The van der Waals surface area contributed by atoms with Gasteiger partial charge < -0.3 is 5.73 Å². The minimum Gasteiger partial charge on any atom is -0.325 e. The van der Waals surface area contributed by atoms with Crippen molar-refractivity contribution < 1.29 is 4.39 Å². The van der Waals surface area contributed by atoms with Gasteiger partial charge in [-0.1, -0.05) is 70.4 Å². The average molecular weight is 293 g/mol. The third kappa shape index (κ3) is 8.87. The van der Waals surface area contributed by atoms with E-state index in [2.05, 4.69) is 13.8 Å². The summed E-state index contributed by atoms with van der Waals surface area (Å²) in [7, 11) is 0. The van der Waals surface area contributed by atoms with Gasteiger partial charge in [0, 0.05) is 5.54 Å². The van der Waals surface area contributed by atoms with Gasteiger partial charge in [-0.3, -0.25) is 0 Å². The number of hydrogen-bond donors (Lipinski definition) is 1. The molecule has 120 valence electrons. The summed E-state index contributed by atoms with van der Waals surface area (Å²) in [5.41, 5.74) is 7.13. The van der Waals surface area contributed by atoms with Crippen LogP contribution in [0.15, 0.2) is 24.3 Å². The summed E-state index contributed by atoms with van der Waals surface area (Å²) in [5, 5.41) is 0. The van der Waals surface area contributed by atoms with Crippen LogP contribution in [0.3, 0.4) is 0 Å². The van der Waals surface area contributed by atoms with Crippen molar-refractivity contribution in [3.05, 3.63) is 35.6 Å². The van der Waals surface area contributed by atoms with Crippen molar-refractivity contribution in [2.45, 2.75) is 83.6 Å². The Labute approximate surface area is 130 Å². The number of nitrogens with two attached hydrogens (primary N) is 1. The maximum atomic E-state index is 13.2. The normalized spacial score (nSPS) is 14.1. The van der Waals surface area contributed by atoms with Crippen LogP contribution in [0.1, 0.15) is 77.2 Å². The molecule has 1 aromatic rings. The van der Waals surface area contributed by atoms with Crippen LogP contribution >= 0.6 is 0 Å². The lowest BCUT2D eigenvalue weighted by atomic mass is 9.88. The van der Waals surface area contributed by atoms with Crippen LogP contribution < -0.4 is 5.73 Å². The van der Waals surface area contributed by atoms with Crippen molar-refractivity contribution in [3.8, 4) is 0 Å². The van der Waals surface area contributed by atoms with Crippen LogP contribution in [0, 0.1) is 5.82 Å². The number of hydrogen-bond acceptors (Lipinski definition) is 1. The molecule has 0 aliphatic carbocycles. The first kappa shape index (κ1) is 18.2. The molecule has 1 unspecified atom stereocenters. The fourth-order valence-corrected chi connectivity index (χ4v) is 2.86. The highest BCUT2D eigenvalue weighted by atomic mass is 19.1. The van der Waals surface area contributed by atoms with Crippen LogP contribution in [-0.4, -0.2) is 5.54 Å². The third-order valence-corrected chi connectivity index (χ3v) is 4.10. The second kappa shape index (κ2) is 9.94. The van der Waals surface area contributed by atoms with Gasteiger partial charge in [-0.2, -0.15) is 0 Å². The van der Waals surface area contributed by atoms with E-state index >= 15 is 0 Å². The fraction of sp³-hybridized carbons (Fsp3) is 0.684. The lowest BCUT2D eigenvalue weighted by Gasteiger charge is -2.24. The molecule has 0 aliphatic heterocycles. The first-order chi connectivity index (χ1) is 10.0. The molecule has 0 saturated carbocycles. The van der Waals surface area contributed by atoms with Crippen molar-refractivity contribution in [1.82, 2.24) is 0 Å². The Balaban J connectivity index is 2.15. The number of halogens is 1. The van der Waals surface area contributed by atoms with Gasteiger partial charge in [-0.05, 0) is 37.5 Å². The molecule has 0 amide bonds. The molecule has 1 nitrogen and oxygen atoms in total.